The lowest BCUT2D eigenvalue weighted by Crippen LogP contribution is -2.26. The van der Waals surface area contributed by atoms with Gasteiger partial charge < -0.3 is 15.5 Å². The number of aromatic carboxylic acids is 1. The molecular weight excluding hydrogens is 410 g/mol. The maximum absolute atomic E-state index is 13.2. The number of carbonyl (C=O) groups is 2. The lowest BCUT2D eigenvalue weighted by atomic mass is 9.95. The topological polar surface area (TPSA) is 132 Å². The maximum Gasteiger partial charge on any atom is 0.339 e. The Kier molecular flexibility index (Phi) is 5.50. The first kappa shape index (κ1) is 20.5. The fourth-order valence-corrected chi connectivity index (χ4v) is 3.34. The molecule has 0 aliphatic carbocycles. The Hall–Kier alpha value is -4.72. The highest BCUT2D eigenvalue weighted by Gasteiger charge is 2.23. The molecule has 8 nitrogen and oxygen atoms in total. The van der Waals surface area contributed by atoms with Gasteiger partial charge in [0.2, 0.25) is 0 Å². The molecular formula is C24H17N3O5. The Morgan fingerprint density at radius 2 is 1.50 bits per heavy atom. The standard InChI is InChI=1S/C24H17N3O5/c28-18-12-11-16(13-17(18)24(31)32)25-22(29)20-19(14-7-3-1-4-8-14)21(26-27-23(20)30)15-9-5-2-6-10-15/h1-13,28H,(H,25,29)(H,27,30)(H,31,32). The first-order chi connectivity index (χ1) is 15.5. The van der Waals surface area contributed by atoms with Gasteiger partial charge in [-0.05, 0) is 23.8 Å². The molecule has 32 heavy (non-hydrogen) atoms. The van der Waals surface area contributed by atoms with Crippen molar-refractivity contribution in [3.63, 3.8) is 0 Å². The number of nitrogens with zero attached hydrogens (tertiary/aromatic N) is 1. The zero-order valence-corrected chi connectivity index (χ0v) is 16.6. The zero-order chi connectivity index (χ0) is 22.7. The normalized spacial score (nSPS) is 10.5. The van der Waals surface area contributed by atoms with Crippen LogP contribution in [0.15, 0.2) is 83.7 Å². The number of carboxylic acid groups (broad SMARTS) is 1. The number of phenols is 1. The van der Waals surface area contributed by atoms with Crippen molar-refractivity contribution in [3.05, 3.63) is 100 Å². The van der Waals surface area contributed by atoms with Gasteiger partial charge in [0.05, 0.1) is 5.69 Å². The van der Waals surface area contributed by atoms with Crippen LogP contribution in [-0.4, -0.2) is 32.3 Å². The highest BCUT2D eigenvalue weighted by Crippen LogP contribution is 2.32. The number of hydrogen-bond donors (Lipinski definition) is 4. The van der Waals surface area contributed by atoms with Crippen LogP contribution < -0.4 is 10.9 Å². The van der Waals surface area contributed by atoms with E-state index in [1.54, 1.807) is 24.3 Å². The number of hydrogen-bond acceptors (Lipinski definition) is 5. The number of amides is 1. The highest BCUT2D eigenvalue weighted by atomic mass is 16.4. The number of anilines is 1. The van der Waals surface area contributed by atoms with Crippen LogP contribution in [0.3, 0.4) is 0 Å². The molecule has 0 atom stereocenters. The van der Waals surface area contributed by atoms with Crippen molar-refractivity contribution in [3.8, 4) is 28.1 Å². The van der Waals surface area contributed by atoms with Gasteiger partial charge in [0, 0.05) is 16.8 Å². The Morgan fingerprint density at radius 3 is 2.12 bits per heavy atom. The number of aromatic hydroxyl groups is 1. The number of rotatable bonds is 5. The minimum atomic E-state index is -1.35. The second-order valence-corrected chi connectivity index (χ2v) is 6.87. The van der Waals surface area contributed by atoms with Crippen molar-refractivity contribution < 1.29 is 19.8 Å². The van der Waals surface area contributed by atoms with Crippen LogP contribution in [0.1, 0.15) is 20.7 Å². The molecule has 4 aromatic rings. The van der Waals surface area contributed by atoms with Crippen LogP contribution in [0.2, 0.25) is 0 Å². The Bertz CT molecular complexity index is 1370. The molecule has 0 bridgehead atoms. The molecule has 0 radical (unpaired) electrons. The van der Waals surface area contributed by atoms with E-state index >= 15 is 0 Å². The number of benzene rings is 3. The van der Waals surface area contributed by atoms with Gasteiger partial charge in [-0.15, -0.1) is 0 Å². The summed E-state index contributed by atoms with van der Waals surface area (Å²) in [5, 5.41) is 28.0. The van der Waals surface area contributed by atoms with E-state index in [4.69, 9.17) is 0 Å². The molecule has 0 aliphatic rings. The molecule has 0 saturated heterocycles. The average Bonchev–Trinajstić information content (AvgIpc) is 2.81. The van der Waals surface area contributed by atoms with Gasteiger partial charge in [0.15, 0.2) is 0 Å². The summed E-state index contributed by atoms with van der Waals surface area (Å²) in [4.78, 5) is 37.2. The predicted octanol–water partition coefficient (Wildman–Crippen LogP) is 3.76. The van der Waals surface area contributed by atoms with Crippen LogP contribution in [0.4, 0.5) is 5.69 Å². The quantitative estimate of drug-likeness (QED) is 0.359. The van der Waals surface area contributed by atoms with E-state index in [1.165, 1.54) is 6.07 Å². The minimum absolute atomic E-state index is 0.113. The number of aromatic nitrogens is 2. The number of H-pyrrole nitrogens is 1. The van der Waals surface area contributed by atoms with Crippen molar-refractivity contribution in [1.82, 2.24) is 10.2 Å². The maximum atomic E-state index is 13.2. The third-order valence-electron chi connectivity index (χ3n) is 4.80. The summed E-state index contributed by atoms with van der Waals surface area (Å²) in [6.45, 7) is 0. The van der Waals surface area contributed by atoms with Crippen LogP contribution in [-0.2, 0) is 0 Å². The van der Waals surface area contributed by atoms with Crippen molar-refractivity contribution in [1.29, 1.82) is 0 Å². The van der Waals surface area contributed by atoms with E-state index in [0.717, 1.165) is 12.1 Å². The molecule has 0 unspecified atom stereocenters. The molecule has 0 aliphatic heterocycles. The Morgan fingerprint density at radius 1 is 0.875 bits per heavy atom. The van der Waals surface area contributed by atoms with Crippen molar-refractivity contribution in [2.45, 2.75) is 0 Å². The third-order valence-corrected chi connectivity index (χ3v) is 4.80. The van der Waals surface area contributed by atoms with Crippen molar-refractivity contribution >= 4 is 17.6 Å². The Labute approximate surface area is 181 Å². The van der Waals surface area contributed by atoms with E-state index in [9.17, 15) is 24.6 Å². The van der Waals surface area contributed by atoms with Crippen LogP contribution in [0, 0.1) is 0 Å². The highest BCUT2D eigenvalue weighted by molar-refractivity contribution is 6.10. The number of nitrogens with one attached hydrogen (secondary N) is 2. The molecule has 4 rings (SSSR count). The van der Waals surface area contributed by atoms with E-state index in [1.807, 2.05) is 36.4 Å². The third kappa shape index (κ3) is 3.97. The molecule has 1 aromatic heterocycles. The SMILES string of the molecule is O=C(O)c1cc(NC(=O)c2c(-c3ccccc3)c(-c3ccccc3)n[nH]c2=O)ccc1O. The fourth-order valence-electron chi connectivity index (χ4n) is 3.34. The number of carbonyl (C=O) groups excluding carboxylic acids is 1. The lowest BCUT2D eigenvalue weighted by molar-refractivity contribution is 0.0693. The van der Waals surface area contributed by atoms with Gasteiger partial charge in [0.1, 0.15) is 16.9 Å². The predicted molar refractivity (Wildman–Crippen MR) is 119 cm³/mol. The molecule has 8 heteroatoms. The second-order valence-electron chi connectivity index (χ2n) is 6.87. The molecule has 0 spiro atoms. The van der Waals surface area contributed by atoms with E-state index in [0.29, 0.717) is 22.4 Å². The fraction of sp³-hybridized carbons (Fsp3) is 0. The van der Waals surface area contributed by atoms with Crippen molar-refractivity contribution in [2.75, 3.05) is 5.32 Å². The van der Waals surface area contributed by atoms with E-state index < -0.39 is 23.2 Å². The molecule has 158 valence electrons. The number of carboxylic acids is 1. The molecule has 4 N–H and O–H groups in total. The summed E-state index contributed by atoms with van der Waals surface area (Å²) in [6.07, 6.45) is 0. The zero-order valence-electron chi connectivity index (χ0n) is 16.6. The summed E-state index contributed by atoms with van der Waals surface area (Å²) in [6, 6.07) is 21.6. The molecule has 0 saturated carbocycles. The summed E-state index contributed by atoms with van der Waals surface area (Å²) in [5.41, 5.74) is 0.949. The van der Waals surface area contributed by atoms with Gasteiger partial charge in [-0.1, -0.05) is 60.7 Å². The van der Waals surface area contributed by atoms with Gasteiger partial charge in [-0.3, -0.25) is 9.59 Å². The summed E-state index contributed by atoms with van der Waals surface area (Å²) < 4.78 is 0. The first-order valence-electron chi connectivity index (χ1n) is 9.57. The Balaban J connectivity index is 1.87. The molecule has 3 aromatic carbocycles. The van der Waals surface area contributed by atoms with Gasteiger partial charge in [-0.2, -0.15) is 5.10 Å². The molecule has 0 fully saturated rings. The van der Waals surface area contributed by atoms with Crippen LogP contribution in [0.5, 0.6) is 5.75 Å². The largest absolute Gasteiger partial charge is 0.507 e. The first-order valence-corrected chi connectivity index (χ1v) is 9.57. The monoisotopic (exact) mass is 427 g/mol. The van der Waals surface area contributed by atoms with Gasteiger partial charge in [-0.25, -0.2) is 9.89 Å². The van der Waals surface area contributed by atoms with Crippen LogP contribution >= 0.6 is 0 Å². The summed E-state index contributed by atoms with van der Waals surface area (Å²) >= 11 is 0. The minimum Gasteiger partial charge on any atom is -0.507 e. The lowest BCUT2D eigenvalue weighted by Gasteiger charge is -2.14. The summed E-state index contributed by atoms with van der Waals surface area (Å²) in [7, 11) is 0. The van der Waals surface area contributed by atoms with Crippen LogP contribution in [0.25, 0.3) is 22.4 Å². The molecule has 1 amide bonds. The molecule has 1 heterocycles. The van der Waals surface area contributed by atoms with E-state index in [2.05, 4.69) is 15.5 Å². The van der Waals surface area contributed by atoms with Crippen molar-refractivity contribution in [2.24, 2.45) is 0 Å². The second kappa shape index (κ2) is 8.57. The average molecular weight is 427 g/mol. The smallest absolute Gasteiger partial charge is 0.339 e. The van der Waals surface area contributed by atoms with Gasteiger partial charge >= 0.3 is 5.97 Å². The number of aromatic amines is 1. The summed E-state index contributed by atoms with van der Waals surface area (Å²) in [5.74, 6) is -2.53. The van der Waals surface area contributed by atoms with Gasteiger partial charge in [0.25, 0.3) is 11.5 Å². The van der Waals surface area contributed by atoms with E-state index in [-0.39, 0.29) is 16.8 Å².